The van der Waals surface area contributed by atoms with Crippen LogP contribution in [0.3, 0.4) is 0 Å². The zero-order valence-corrected chi connectivity index (χ0v) is 17.3. The minimum Gasteiger partial charge on any atom is -0.357 e. The van der Waals surface area contributed by atoms with Crippen molar-refractivity contribution in [3.05, 3.63) is 0 Å². The van der Waals surface area contributed by atoms with Gasteiger partial charge in [0, 0.05) is 38.1 Å². The lowest BCUT2D eigenvalue weighted by molar-refractivity contribution is -0.135. The Kier molecular flexibility index (Phi) is 8.88. The number of rotatable bonds is 7. The number of carbonyl (C=O) groups excluding carboxylic acids is 2. The highest BCUT2D eigenvalue weighted by Gasteiger charge is 2.28. The number of nitrogens with one attached hydrogen (secondary N) is 3. The Morgan fingerprint density at radius 1 is 1.12 bits per heavy atom. The maximum absolute atomic E-state index is 12.1. The molecule has 7 nitrogen and oxygen atoms in total. The molecule has 0 saturated carbocycles. The monoisotopic (exact) mass is 367 g/mol. The van der Waals surface area contributed by atoms with Crippen molar-refractivity contribution in [2.24, 2.45) is 16.3 Å². The summed E-state index contributed by atoms with van der Waals surface area (Å²) < 4.78 is 0. The third kappa shape index (κ3) is 6.84. The molecule has 0 aliphatic carbocycles. The molecular weight excluding hydrogens is 330 g/mol. The minimum absolute atomic E-state index is 0.0140. The normalized spacial score (nSPS) is 16.6. The molecule has 0 radical (unpaired) electrons. The van der Waals surface area contributed by atoms with Crippen LogP contribution < -0.4 is 16.0 Å². The fourth-order valence-electron chi connectivity index (χ4n) is 2.87. The van der Waals surface area contributed by atoms with Gasteiger partial charge < -0.3 is 20.9 Å². The zero-order chi connectivity index (χ0) is 19.7. The van der Waals surface area contributed by atoms with Crippen molar-refractivity contribution < 1.29 is 9.59 Å². The van der Waals surface area contributed by atoms with Crippen LogP contribution in [0.5, 0.6) is 0 Å². The van der Waals surface area contributed by atoms with Gasteiger partial charge in [-0.1, -0.05) is 13.8 Å². The number of guanidine groups is 1. The highest BCUT2D eigenvalue weighted by Crippen LogP contribution is 2.16. The summed E-state index contributed by atoms with van der Waals surface area (Å²) in [5, 5.41) is 9.57. The fraction of sp³-hybridized carbons (Fsp3) is 0.842. The maximum Gasteiger partial charge on any atom is 0.227 e. The first kappa shape index (κ1) is 22.3. The summed E-state index contributed by atoms with van der Waals surface area (Å²) in [4.78, 5) is 30.8. The van der Waals surface area contributed by atoms with E-state index in [1.165, 1.54) is 0 Å². The van der Waals surface area contributed by atoms with Crippen LogP contribution in [0, 0.1) is 11.3 Å². The van der Waals surface area contributed by atoms with E-state index in [0.717, 1.165) is 38.4 Å². The Morgan fingerprint density at radius 3 is 2.19 bits per heavy atom. The van der Waals surface area contributed by atoms with Gasteiger partial charge in [-0.15, -0.1) is 0 Å². The molecule has 0 aromatic carbocycles. The summed E-state index contributed by atoms with van der Waals surface area (Å²) in [7, 11) is 0. The fourth-order valence-corrected chi connectivity index (χ4v) is 2.87. The molecule has 0 aromatic heterocycles. The van der Waals surface area contributed by atoms with Gasteiger partial charge in [0.15, 0.2) is 5.96 Å². The smallest absolute Gasteiger partial charge is 0.227 e. The molecule has 1 heterocycles. The van der Waals surface area contributed by atoms with Crippen LogP contribution in [0.15, 0.2) is 4.99 Å². The van der Waals surface area contributed by atoms with E-state index in [1.807, 2.05) is 46.4 Å². The van der Waals surface area contributed by atoms with Crippen molar-refractivity contribution in [1.29, 1.82) is 0 Å². The number of hydrogen-bond donors (Lipinski definition) is 3. The summed E-state index contributed by atoms with van der Waals surface area (Å²) in [6, 6.07) is 0.289. The molecule has 1 fully saturated rings. The number of hydrogen-bond acceptors (Lipinski definition) is 3. The van der Waals surface area contributed by atoms with Crippen LogP contribution in [0.25, 0.3) is 0 Å². The lowest BCUT2D eigenvalue weighted by Crippen LogP contribution is -2.50. The number of piperidine rings is 1. The van der Waals surface area contributed by atoms with E-state index >= 15 is 0 Å². The summed E-state index contributed by atoms with van der Waals surface area (Å²) in [5.74, 6) is 1.03. The molecule has 26 heavy (non-hydrogen) atoms. The number of nitrogens with zero attached hydrogens (tertiary/aromatic N) is 2. The van der Waals surface area contributed by atoms with Crippen molar-refractivity contribution in [1.82, 2.24) is 20.9 Å². The van der Waals surface area contributed by atoms with E-state index in [2.05, 4.69) is 20.9 Å². The first-order valence-electron chi connectivity index (χ1n) is 9.83. The van der Waals surface area contributed by atoms with Crippen molar-refractivity contribution >= 4 is 17.8 Å². The van der Waals surface area contributed by atoms with Gasteiger partial charge in [-0.3, -0.25) is 14.6 Å². The largest absolute Gasteiger partial charge is 0.357 e. The second-order valence-electron chi connectivity index (χ2n) is 7.84. The standard InChI is InChI=1S/C19H37N5O2/c1-7-20-17(26)19(5,6)13-22-18(21-8-2)23-15-9-11-24(12-10-15)16(25)14(3)4/h14-15H,7-13H2,1-6H3,(H,20,26)(H2,21,22,23). The zero-order valence-electron chi connectivity index (χ0n) is 17.3. The predicted molar refractivity (Wildman–Crippen MR) is 106 cm³/mol. The number of amides is 2. The molecule has 150 valence electrons. The lowest BCUT2D eigenvalue weighted by atomic mass is 9.92. The number of likely N-dealkylation sites (tertiary alicyclic amines) is 1. The Balaban J connectivity index is 2.60. The van der Waals surface area contributed by atoms with Gasteiger partial charge in [0.2, 0.25) is 11.8 Å². The first-order chi connectivity index (χ1) is 12.2. The molecular formula is C19H37N5O2. The first-order valence-corrected chi connectivity index (χ1v) is 9.83. The van der Waals surface area contributed by atoms with Crippen LogP contribution in [-0.2, 0) is 9.59 Å². The van der Waals surface area contributed by atoms with Gasteiger partial charge in [-0.25, -0.2) is 0 Å². The Bertz CT molecular complexity index is 494. The third-order valence-electron chi connectivity index (χ3n) is 4.57. The van der Waals surface area contributed by atoms with E-state index < -0.39 is 5.41 Å². The summed E-state index contributed by atoms with van der Waals surface area (Å²) in [6.07, 6.45) is 1.81. The van der Waals surface area contributed by atoms with Crippen molar-refractivity contribution in [3.8, 4) is 0 Å². The van der Waals surface area contributed by atoms with Gasteiger partial charge in [0.05, 0.1) is 12.0 Å². The second-order valence-corrected chi connectivity index (χ2v) is 7.84. The quantitative estimate of drug-likeness (QED) is 0.468. The number of aliphatic imine (C=N–C) groups is 1. The summed E-state index contributed by atoms with van der Waals surface area (Å²) in [5.41, 5.74) is -0.550. The second kappa shape index (κ2) is 10.4. The van der Waals surface area contributed by atoms with Crippen LogP contribution in [0.1, 0.15) is 54.4 Å². The Hall–Kier alpha value is -1.79. The van der Waals surface area contributed by atoms with Crippen molar-refractivity contribution in [2.45, 2.75) is 60.4 Å². The van der Waals surface area contributed by atoms with E-state index in [1.54, 1.807) is 0 Å². The molecule has 0 spiro atoms. The van der Waals surface area contributed by atoms with Gasteiger partial charge in [-0.05, 0) is 40.5 Å². The van der Waals surface area contributed by atoms with E-state index in [9.17, 15) is 9.59 Å². The summed E-state index contributed by atoms with van der Waals surface area (Å²) >= 11 is 0. The maximum atomic E-state index is 12.1. The number of carbonyl (C=O) groups is 2. The Morgan fingerprint density at radius 2 is 1.69 bits per heavy atom. The predicted octanol–water partition coefficient (Wildman–Crippen LogP) is 1.35. The molecule has 2 amide bonds. The molecule has 1 saturated heterocycles. The molecule has 0 bridgehead atoms. The van der Waals surface area contributed by atoms with Gasteiger partial charge in [0.25, 0.3) is 0 Å². The molecule has 0 atom stereocenters. The van der Waals surface area contributed by atoms with E-state index in [-0.39, 0.29) is 23.8 Å². The molecule has 1 aliphatic heterocycles. The highest BCUT2D eigenvalue weighted by molar-refractivity contribution is 5.84. The van der Waals surface area contributed by atoms with E-state index in [0.29, 0.717) is 13.1 Å². The van der Waals surface area contributed by atoms with Gasteiger partial charge in [0.1, 0.15) is 0 Å². The van der Waals surface area contributed by atoms with Crippen molar-refractivity contribution in [3.63, 3.8) is 0 Å². The molecule has 0 aromatic rings. The van der Waals surface area contributed by atoms with Crippen molar-refractivity contribution in [2.75, 3.05) is 32.7 Å². The third-order valence-corrected chi connectivity index (χ3v) is 4.57. The molecule has 7 heteroatoms. The molecule has 1 rings (SSSR count). The van der Waals surface area contributed by atoms with Gasteiger partial charge >= 0.3 is 0 Å². The van der Waals surface area contributed by atoms with Gasteiger partial charge in [-0.2, -0.15) is 0 Å². The minimum atomic E-state index is -0.550. The van der Waals surface area contributed by atoms with Crippen LogP contribution in [0.4, 0.5) is 0 Å². The average molecular weight is 368 g/mol. The Labute approximate surface area is 158 Å². The topological polar surface area (TPSA) is 85.8 Å². The molecule has 0 unspecified atom stereocenters. The van der Waals surface area contributed by atoms with Crippen LogP contribution in [0.2, 0.25) is 0 Å². The SMILES string of the molecule is CCNC(=O)C(C)(C)CN=C(NCC)NC1CCN(C(=O)C(C)C)CC1. The highest BCUT2D eigenvalue weighted by atomic mass is 16.2. The van der Waals surface area contributed by atoms with Crippen LogP contribution >= 0.6 is 0 Å². The lowest BCUT2D eigenvalue weighted by Gasteiger charge is -2.34. The average Bonchev–Trinajstić information content (AvgIpc) is 2.60. The van der Waals surface area contributed by atoms with Crippen LogP contribution in [-0.4, -0.2) is 61.4 Å². The van der Waals surface area contributed by atoms with E-state index in [4.69, 9.17) is 0 Å². The summed E-state index contributed by atoms with van der Waals surface area (Å²) in [6.45, 7) is 15.0. The molecule has 1 aliphatic rings. The molecule has 3 N–H and O–H groups in total.